The third-order valence-electron chi connectivity index (χ3n) is 1.75. The maximum Gasteiger partial charge on any atom is 0.488 e. The molecule has 0 aromatic heterocycles. The lowest BCUT2D eigenvalue weighted by Crippen LogP contribution is -2.30. The molecule has 0 radical (unpaired) electrons. The van der Waals surface area contributed by atoms with Crippen molar-refractivity contribution >= 4 is 18.3 Å². The zero-order valence-corrected chi connectivity index (χ0v) is 7.53. The molecule has 0 saturated carbocycles. The van der Waals surface area contributed by atoms with E-state index in [1.54, 1.807) is 19.0 Å². The smallest absolute Gasteiger partial charge is 0.423 e. The van der Waals surface area contributed by atoms with Crippen LogP contribution in [-0.4, -0.2) is 31.3 Å². The fourth-order valence-corrected chi connectivity index (χ4v) is 1.03. The summed E-state index contributed by atoms with van der Waals surface area (Å²) in [5.74, 6) is -0.380. The van der Waals surface area contributed by atoms with Gasteiger partial charge in [-0.05, 0) is 17.6 Å². The molecule has 0 amide bonds. The number of rotatable bonds is 2. The van der Waals surface area contributed by atoms with Crippen LogP contribution in [0.25, 0.3) is 0 Å². The highest BCUT2D eigenvalue weighted by molar-refractivity contribution is 6.58. The Labute approximate surface area is 76.6 Å². The molecule has 1 aromatic carbocycles. The lowest BCUT2D eigenvalue weighted by Gasteiger charge is -2.14. The van der Waals surface area contributed by atoms with Gasteiger partial charge in [-0.25, -0.2) is 4.39 Å². The number of benzene rings is 1. The second kappa shape index (κ2) is 3.76. The van der Waals surface area contributed by atoms with Crippen molar-refractivity contribution in [1.29, 1.82) is 0 Å². The summed E-state index contributed by atoms with van der Waals surface area (Å²) in [7, 11) is 1.82. The highest BCUT2D eigenvalue weighted by Crippen LogP contribution is 2.14. The molecule has 0 aliphatic carbocycles. The van der Waals surface area contributed by atoms with Crippen LogP contribution in [0.3, 0.4) is 0 Å². The molecule has 0 heterocycles. The van der Waals surface area contributed by atoms with Gasteiger partial charge in [0.1, 0.15) is 5.82 Å². The van der Waals surface area contributed by atoms with Gasteiger partial charge < -0.3 is 14.9 Å². The zero-order valence-electron chi connectivity index (χ0n) is 7.53. The summed E-state index contributed by atoms with van der Waals surface area (Å²) in [5, 5.41) is 17.7. The third kappa shape index (κ3) is 2.20. The van der Waals surface area contributed by atoms with Crippen LogP contribution in [0, 0.1) is 5.82 Å². The number of anilines is 1. The van der Waals surface area contributed by atoms with E-state index in [1.807, 2.05) is 0 Å². The average Bonchev–Trinajstić information content (AvgIpc) is 2.04. The highest BCUT2D eigenvalue weighted by Gasteiger charge is 2.13. The van der Waals surface area contributed by atoms with E-state index in [1.165, 1.54) is 18.2 Å². The highest BCUT2D eigenvalue weighted by atomic mass is 19.1. The minimum absolute atomic E-state index is 0.283. The summed E-state index contributed by atoms with van der Waals surface area (Å²) in [5.41, 5.74) is 0.621. The molecule has 3 nitrogen and oxygen atoms in total. The maximum atomic E-state index is 13.1. The predicted octanol–water partition coefficient (Wildman–Crippen LogP) is -0.429. The van der Waals surface area contributed by atoms with Crippen molar-refractivity contribution in [3.8, 4) is 0 Å². The summed E-state index contributed by atoms with van der Waals surface area (Å²) in [4.78, 5) is 1.57. The van der Waals surface area contributed by atoms with E-state index in [9.17, 15) is 4.39 Å². The van der Waals surface area contributed by atoms with Crippen molar-refractivity contribution in [3.63, 3.8) is 0 Å². The molecule has 1 rings (SSSR count). The standard InChI is InChI=1S/C8H11BFNO2/c1-11(2)8-5-6(9(12)13)3-4-7(8)10/h3-5,12-13H,1-2H3. The van der Waals surface area contributed by atoms with Crippen molar-refractivity contribution in [2.24, 2.45) is 0 Å². The van der Waals surface area contributed by atoms with Crippen molar-refractivity contribution in [2.75, 3.05) is 19.0 Å². The Balaban J connectivity index is 3.11. The fourth-order valence-electron chi connectivity index (χ4n) is 1.03. The Bertz CT molecular complexity index is 304. The molecule has 0 unspecified atom stereocenters. The van der Waals surface area contributed by atoms with Gasteiger partial charge in [0, 0.05) is 14.1 Å². The first kappa shape index (κ1) is 10.0. The van der Waals surface area contributed by atoms with Crippen molar-refractivity contribution in [2.45, 2.75) is 0 Å². The lowest BCUT2D eigenvalue weighted by molar-refractivity contribution is 0.425. The third-order valence-corrected chi connectivity index (χ3v) is 1.75. The molecule has 13 heavy (non-hydrogen) atoms. The summed E-state index contributed by atoms with van der Waals surface area (Å²) in [6.07, 6.45) is 0. The van der Waals surface area contributed by atoms with Crippen LogP contribution < -0.4 is 10.4 Å². The van der Waals surface area contributed by atoms with E-state index in [0.29, 0.717) is 5.69 Å². The van der Waals surface area contributed by atoms with Gasteiger partial charge in [-0.2, -0.15) is 0 Å². The van der Waals surface area contributed by atoms with E-state index >= 15 is 0 Å². The van der Waals surface area contributed by atoms with Gasteiger partial charge in [-0.3, -0.25) is 0 Å². The molecule has 0 bridgehead atoms. The van der Waals surface area contributed by atoms with Crippen LogP contribution in [0.2, 0.25) is 0 Å². The number of hydrogen-bond acceptors (Lipinski definition) is 3. The van der Waals surface area contributed by atoms with Gasteiger partial charge in [-0.1, -0.05) is 6.07 Å². The quantitative estimate of drug-likeness (QED) is 0.611. The van der Waals surface area contributed by atoms with Crippen molar-refractivity contribution in [3.05, 3.63) is 24.0 Å². The summed E-state index contributed by atoms with van der Waals surface area (Å²) < 4.78 is 13.1. The number of nitrogens with zero attached hydrogens (tertiary/aromatic N) is 1. The van der Waals surface area contributed by atoms with Gasteiger partial charge in [0.05, 0.1) is 5.69 Å². The minimum Gasteiger partial charge on any atom is -0.423 e. The lowest BCUT2D eigenvalue weighted by atomic mass is 9.80. The van der Waals surface area contributed by atoms with E-state index in [2.05, 4.69) is 0 Å². The molecule has 2 N–H and O–H groups in total. The van der Waals surface area contributed by atoms with Crippen molar-refractivity contribution in [1.82, 2.24) is 0 Å². The Kier molecular flexibility index (Phi) is 2.90. The molecular weight excluding hydrogens is 172 g/mol. The topological polar surface area (TPSA) is 43.7 Å². The summed E-state index contributed by atoms with van der Waals surface area (Å²) >= 11 is 0. The molecule has 0 aliphatic heterocycles. The SMILES string of the molecule is CN(C)c1cc(B(O)O)ccc1F. The first-order valence-electron chi connectivity index (χ1n) is 3.85. The van der Waals surface area contributed by atoms with E-state index in [0.717, 1.165) is 0 Å². The predicted molar refractivity (Wildman–Crippen MR) is 50.6 cm³/mol. The van der Waals surface area contributed by atoms with Gasteiger partial charge >= 0.3 is 7.12 Å². The molecule has 1 aromatic rings. The molecule has 5 heteroatoms. The van der Waals surface area contributed by atoms with Gasteiger partial charge in [-0.15, -0.1) is 0 Å². The monoisotopic (exact) mass is 183 g/mol. The minimum atomic E-state index is -1.56. The Morgan fingerprint density at radius 1 is 1.31 bits per heavy atom. The first-order chi connectivity index (χ1) is 6.02. The Morgan fingerprint density at radius 3 is 2.38 bits per heavy atom. The van der Waals surface area contributed by atoms with Gasteiger partial charge in [0.2, 0.25) is 0 Å². The first-order valence-corrected chi connectivity index (χ1v) is 3.85. The molecule has 0 aliphatic rings. The van der Waals surface area contributed by atoms with Crippen LogP contribution in [0.4, 0.5) is 10.1 Å². The van der Waals surface area contributed by atoms with Crippen LogP contribution in [0.15, 0.2) is 18.2 Å². The van der Waals surface area contributed by atoms with Gasteiger partial charge in [0.15, 0.2) is 0 Å². The van der Waals surface area contributed by atoms with Crippen LogP contribution >= 0.6 is 0 Å². The number of hydrogen-bond donors (Lipinski definition) is 2. The fraction of sp³-hybridized carbons (Fsp3) is 0.250. The van der Waals surface area contributed by atoms with E-state index in [-0.39, 0.29) is 11.3 Å². The largest absolute Gasteiger partial charge is 0.488 e. The zero-order chi connectivity index (χ0) is 10.0. The molecule has 0 saturated heterocycles. The molecular formula is C8H11BFNO2. The second-order valence-corrected chi connectivity index (χ2v) is 2.98. The number of halogens is 1. The van der Waals surface area contributed by atoms with Crippen LogP contribution in [0.1, 0.15) is 0 Å². The Morgan fingerprint density at radius 2 is 1.92 bits per heavy atom. The van der Waals surface area contributed by atoms with Crippen LogP contribution in [0.5, 0.6) is 0 Å². The van der Waals surface area contributed by atoms with Crippen LogP contribution in [-0.2, 0) is 0 Å². The normalized spacial score (nSPS) is 9.92. The Hall–Kier alpha value is -1.07. The summed E-state index contributed by atoms with van der Waals surface area (Å²) in [6, 6.07) is 3.96. The molecule has 70 valence electrons. The average molecular weight is 183 g/mol. The van der Waals surface area contributed by atoms with Crippen molar-refractivity contribution < 1.29 is 14.4 Å². The van der Waals surface area contributed by atoms with Gasteiger partial charge in [0.25, 0.3) is 0 Å². The molecule has 0 atom stereocenters. The van der Waals surface area contributed by atoms with E-state index in [4.69, 9.17) is 10.0 Å². The molecule has 0 fully saturated rings. The summed E-state index contributed by atoms with van der Waals surface area (Å²) in [6.45, 7) is 0. The maximum absolute atomic E-state index is 13.1. The second-order valence-electron chi connectivity index (χ2n) is 2.98. The molecule has 0 spiro atoms. The van der Waals surface area contributed by atoms with E-state index < -0.39 is 7.12 Å².